The van der Waals surface area contributed by atoms with Gasteiger partial charge in [-0.2, -0.15) is 0 Å². The van der Waals surface area contributed by atoms with Crippen molar-refractivity contribution in [3.63, 3.8) is 0 Å². The van der Waals surface area contributed by atoms with Crippen LogP contribution in [0.3, 0.4) is 0 Å². The van der Waals surface area contributed by atoms with Crippen molar-refractivity contribution >= 4 is 51.2 Å². The average Bonchev–Trinajstić information content (AvgIpc) is 2.92. The molecule has 0 saturated carbocycles. The standard InChI is InChI=1S/C21H17BrClNO4/c1-12-19(21(26)28-3)15(10-13-6-4-5-7-16(13)22)20(25)24(12)14-8-9-18(27-2)17(23)11-14/h4-11H,1-3H3/b15-10-. The van der Waals surface area contributed by atoms with Crippen LogP contribution in [0.4, 0.5) is 5.69 Å². The van der Waals surface area contributed by atoms with E-state index in [9.17, 15) is 9.59 Å². The third-order valence-corrected chi connectivity index (χ3v) is 5.41. The van der Waals surface area contributed by atoms with Gasteiger partial charge in [-0.3, -0.25) is 9.69 Å². The molecule has 0 aromatic heterocycles. The minimum Gasteiger partial charge on any atom is -0.495 e. The molecule has 2 aromatic rings. The van der Waals surface area contributed by atoms with Crippen LogP contribution < -0.4 is 9.64 Å². The van der Waals surface area contributed by atoms with Gasteiger partial charge in [-0.05, 0) is 42.8 Å². The number of carbonyl (C=O) groups is 2. The lowest BCUT2D eigenvalue weighted by Crippen LogP contribution is -2.24. The van der Waals surface area contributed by atoms with E-state index in [4.69, 9.17) is 21.1 Å². The Hall–Kier alpha value is -2.57. The molecule has 7 heteroatoms. The summed E-state index contributed by atoms with van der Waals surface area (Å²) in [7, 11) is 2.80. The van der Waals surface area contributed by atoms with E-state index in [1.165, 1.54) is 19.1 Å². The van der Waals surface area contributed by atoms with Gasteiger partial charge in [0.25, 0.3) is 5.91 Å². The van der Waals surface area contributed by atoms with Crippen LogP contribution in [0.1, 0.15) is 12.5 Å². The number of benzene rings is 2. The van der Waals surface area contributed by atoms with Gasteiger partial charge in [0.1, 0.15) is 5.75 Å². The Morgan fingerprint density at radius 2 is 1.89 bits per heavy atom. The summed E-state index contributed by atoms with van der Waals surface area (Å²) in [5.41, 5.74) is 2.25. The summed E-state index contributed by atoms with van der Waals surface area (Å²) < 4.78 is 10.9. The lowest BCUT2D eigenvalue weighted by atomic mass is 10.0. The van der Waals surface area contributed by atoms with Crippen molar-refractivity contribution in [2.75, 3.05) is 19.1 Å². The molecule has 28 heavy (non-hydrogen) atoms. The first kappa shape index (κ1) is 20.2. The van der Waals surface area contributed by atoms with Crippen molar-refractivity contribution in [3.05, 3.63) is 74.4 Å². The Kier molecular flexibility index (Phi) is 5.91. The maximum atomic E-state index is 13.2. The summed E-state index contributed by atoms with van der Waals surface area (Å²) in [5.74, 6) is -0.419. The summed E-state index contributed by atoms with van der Waals surface area (Å²) in [6.07, 6.45) is 1.67. The van der Waals surface area contributed by atoms with Crippen molar-refractivity contribution in [2.24, 2.45) is 0 Å². The number of methoxy groups -OCH3 is 2. The third kappa shape index (κ3) is 3.57. The number of nitrogens with zero attached hydrogens (tertiary/aromatic N) is 1. The Morgan fingerprint density at radius 1 is 1.18 bits per heavy atom. The van der Waals surface area contributed by atoms with Gasteiger partial charge in [-0.15, -0.1) is 0 Å². The van der Waals surface area contributed by atoms with E-state index < -0.39 is 5.97 Å². The van der Waals surface area contributed by atoms with Crippen LogP contribution in [0.25, 0.3) is 6.08 Å². The quantitative estimate of drug-likeness (QED) is 0.474. The molecule has 1 amide bonds. The molecule has 0 spiro atoms. The average molecular weight is 463 g/mol. The van der Waals surface area contributed by atoms with Crippen LogP contribution in [0.15, 0.2) is 63.8 Å². The Balaban J connectivity index is 2.15. The number of anilines is 1. The maximum absolute atomic E-state index is 13.2. The first-order valence-corrected chi connectivity index (χ1v) is 9.50. The van der Waals surface area contributed by atoms with Crippen molar-refractivity contribution in [2.45, 2.75) is 6.92 Å². The van der Waals surface area contributed by atoms with Crippen LogP contribution in [0, 0.1) is 0 Å². The van der Waals surface area contributed by atoms with Crippen molar-refractivity contribution in [1.82, 2.24) is 0 Å². The van der Waals surface area contributed by atoms with Crippen molar-refractivity contribution < 1.29 is 19.1 Å². The molecule has 1 aliphatic heterocycles. The molecular weight excluding hydrogens is 446 g/mol. The number of hydrogen-bond donors (Lipinski definition) is 0. The Morgan fingerprint density at radius 3 is 2.50 bits per heavy atom. The molecule has 1 heterocycles. The molecular formula is C21H17BrClNO4. The second-order valence-electron chi connectivity index (χ2n) is 5.99. The van der Waals surface area contributed by atoms with Gasteiger partial charge in [0, 0.05) is 10.2 Å². The van der Waals surface area contributed by atoms with Crippen molar-refractivity contribution in [3.8, 4) is 5.75 Å². The smallest absolute Gasteiger partial charge is 0.340 e. The van der Waals surface area contributed by atoms with E-state index in [2.05, 4.69) is 15.9 Å². The topological polar surface area (TPSA) is 55.8 Å². The summed E-state index contributed by atoms with van der Waals surface area (Å²) in [4.78, 5) is 27.1. The van der Waals surface area contributed by atoms with E-state index in [0.29, 0.717) is 22.2 Å². The normalized spacial score (nSPS) is 15.4. The number of rotatable bonds is 4. The first-order chi connectivity index (χ1) is 13.4. The van der Waals surface area contributed by atoms with E-state index in [-0.39, 0.29) is 17.1 Å². The lowest BCUT2D eigenvalue weighted by molar-refractivity contribution is -0.136. The second kappa shape index (κ2) is 8.20. The minimum absolute atomic E-state index is 0.218. The van der Waals surface area contributed by atoms with Crippen LogP contribution in [-0.2, 0) is 14.3 Å². The van der Waals surface area contributed by atoms with E-state index in [0.717, 1.165) is 10.0 Å². The highest BCUT2D eigenvalue weighted by Crippen LogP contribution is 2.38. The summed E-state index contributed by atoms with van der Waals surface area (Å²) in [6.45, 7) is 1.70. The zero-order valence-electron chi connectivity index (χ0n) is 15.5. The fraction of sp³-hybridized carbons (Fsp3) is 0.143. The highest BCUT2D eigenvalue weighted by atomic mass is 79.9. The molecule has 3 rings (SSSR count). The molecule has 0 fully saturated rings. The van der Waals surface area contributed by atoms with Gasteiger partial charge in [-0.1, -0.05) is 45.7 Å². The zero-order chi connectivity index (χ0) is 20.4. The summed E-state index contributed by atoms with van der Waals surface area (Å²) in [5, 5.41) is 0.364. The van der Waals surface area contributed by atoms with E-state index in [1.807, 2.05) is 24.3 Å². The highest BCUT2D eigenvalue weighted by molar-refractivity contribution is 9.10. The summed E-state index contributed by atoms with van der Waals surface area (Å²) in [6, 6.07) is 12.4. The predicted molar refractivity (Wildman–Crippen MR) is 112 cm³/mol. The van der Waals surface area contributed by atoms with Gasteiger partial charge < -0.3 is 9.47 Å². The van der Waals surface area contributed by atoms with E-state index >= 15 is 0 Å². The largest absolute Gasteiger partial charge is 0.495 e. The Bertz CT molecular complexity index is 1030. The molecule has 0 radical (unpaired) electrons. The second-order valence-corrected chi connectivity index (χ2v) is 7.25. The van der Waals surface area contributed by atoms with Crippen molar-refractivity contribution in [1.29, 1.82) is 0 Å². The molecule has 0 bridgehead atoms. The van der Waals surface area contributed by atoms with Crippen LogP contribution in [0.2, 0.25) is 5.02 Å². The zero-order valence-corrected chi connectivity index (χ0v) is 17.8. The molecule has 0 N–H and O–H groups in total. The monoisotopic (exact) mass is 461 g/mol. The molecule has 2 aromatic carbocycles. The number of carbonyl (C=O) groups excluding carboxylic acids is 2. The first-order valence-electron chi connectivity index (χ1n) is 8.32. The van der Waals surface area contributed by atoms with Gasteiger partial charge in [0.15, 0.2) is 0 Å². The fourth-order valence-corrected chi connectivity index (χ4v) is 3.68. The maximum Gasteiger partial charge on any atom is 0.340 e. The molecule has 0 aliphatic carbocycles. The molecule has 5 nitrogen and oxygen atoms in total. The molecule has 0 unspecified atom stereocenters. The number of ether oxygens (including phenoxy) is 2. The Labute approximate surface area is 176 Å². The highest BCUT2D eigenvalue weighted by Gasteiger charge is 2.38. The van der Waals surface area contributed by atoms with Gasteiger partial charge in [0.05, 0.1) is 36.1 Å². The fourth-order valence-electron chi connectivity index (χ4n) is 3.03. The van der Waals surface area contributed by atoms with Gasteiger partial charge >= 0.3 is 5.97 Å². The number of esters is 1. The van der Waals surface area contributed by atoms with E-state index in [1.54, 1.807) is 31.2 Å². The number of allylic oxidation sites excluding steroid dienone is 1. The third-order valence-electron chi connectivity index (χ3n) is 4.39. The molecule has 1 aliphatic rings. The number of amides is 1. The van der Waals surface area contributed by atoms with Crippen LogP contribution >= 0.6 is 27.5 Å². The molecule has 0 saturated heterocycles. The van der Waals surface area contributed by atoms with Gasteiger partial charge in [-0.25, -0.2) is 4.79 Å². The summed E-state index contributed by atoms with van der Waals surface area (Å²) >= 11 is 9.69. The number of hydrogen-bond acceptors (Lipinski definition) is 4. The lowest BCUT2D eigenvalue weighted by Gasteiger charge is -2.19. The predicted octanol–water partition coefficient (Wildman–Crippen LogP) is 4.99. The van der Waals surface area contributed by atoms with Gasteiger partial charge in [0.2, 0.25) is 0 Å². The van der Waals surface area contributed by atoms with Crippen LogP contribution in [0.5, 0.6) is 5.75 Å². The molecule has 144 valence electrons. The minimum atomic E-state index is -0.578. The SMILES string of the molecule is COC(=O)C1=C(C)N(c2ccc(OC)c(Cl)c2)C(=O)/C1=C\c1ccccc1Br. The molecule has 0 atom stereocenters. The number of halogens is 2. The van der Waals surface area contributed by atoms with Crippen LogP contribution in [-0.4, -0.2) is 26.1 Å².